The van der Waals surface area contributed by atoms with Crippen molar-refractivity contribution < 1.29 is 4.79 Å². The number of rotatable bonds is 3. The first-order valence-electron chi connectivity index (χ1n) is 9.59. The van der Waals surface area contributed by atoms with E-state index in [1.807, 2.05) is 37.2 Å². The molecular weight excluding hydrogens is 336 g/mol. The minimum absolute atomic E-state index is 0.0642. The van der Waals surface area contributed by atoms with Gasteiger partial charge in [-0.3, -0.25) is 4.79 Å². The number of fused-ring (bicyclic) bond motifs is 1. The van der Waals surface area contributed by atoms with Crippen LogP contribution in [-0.4, -0.2) is 44.0 Å². The summed E-state index contributed by atoms with van der Waals surface area (Å²) in [7, 11) is 4.04. The molecular formula is C22H28N4O. The molecule has 1 aliphatic carbocycles. The number of amides is 1. The molecule has 2 aromatic carbocycles. The average molecular weight is 364 g/mol. The van der Waals surface area contributed by atoms with Crippen molar-refractivity contribution in [2.24, 2.45) is 11.5 Å². The highest BCUT2D eigenvalue weighted by Crippen LogP contribution is 2.32. The summed E-state index contributed by atoms with van der Waals surface area (Å²) in [6.07, 6.45) is 2.53. The molecule has 2 unspecified atom stereocenters. The summed E-state index contributed by atoms with van der Waals surface area (Å²) < 4.78 is 0. The van der Waals surface area contributed by atoms with E-state index in [0.29, 0.717) is 13.1 Å². The van der Waals surface area contributed by atoms with Gasteiger partial charge in [0.1, 0.15) is 0 Å². The predicted octanol–water partition coefficient (Wildman–Crippen LogP) is 1.88. The molecule has 1 fully saturated rings. The van der Waals surface area contributed by atoms with E-state index in [2.05, 4.69) is 29.2 Å². The van der Waals surface area contributed by atoms with Crippen molar-refractivity contribution in [1.29, 1.82) is 0 Å². The SMILES string of the molecule is CN(C)c1cccc(C2(N)CCN(C(=O)c3ccc4c(c3)CC(N)C4)C2)c1. The molecule has 5 heteroatoms. The fourth-order valence-electron chi connectivity index (χ4n) is 4.30. The van der Waals surface area contributed by atoms with Gasteiger partial charge >= 0.3 is 0 Å². The second kappa shape index (κ2) is 6.66. The molecule has 0 saturated carbocycles. The number of carbonyl (C=O) groups excluding carboxylic acids is 1. The molecule has 0 bridgehead atoms. The van der Waals surface area contributed by atoms with E-state index in [1.165, 1.54) is 11.1 Å². The van der Waals surface area contributed by atoms with Crippen LogP contribution in [0.3, 0.4) is 0 Å². The van der Waals surface area contributed by atoms with Gasteiger partial charge in [-0.05, 0) is 60.2 Å². The number of nitrogens with two attached hydrogens (primary N) is 2. The number of hydrogen-bond acceptors (Lipinski definition) is 4. The lowest BCUT2D eigenvalue weighted by atomic mass is 9.90. The van der Waals surface area contributed by atoms with Crippen molar-refractivity contribution in [3.8, 4) is 0 Å². The van der Waals surface area contributed by atoms with Crippen LogP contribution in [0.5, 0.6) is 0 Å². The van der Waals surface area contributed by atoms with Gasteiger partial charge in [-0.15, -0.1) is 0 Å². The van der Waals surface area contributed by atoms with Gasteiger partial charge in [-0.25, -0.2) is 0 Å². The maximum Gasteiger partial charge on any atom is 0.253 e. The molecule has 2 aliphatic rings. The Bertz CT molecular complexity index is 878. The minimum Gasteiger partial charge on any atom is -0.378 e. The number of likely N-dealkylation sites (tertiary alicyclic amines) is 1. The van der Waals surface area contributed by atoms with E-state index in [0.717, 1.165) is 36.1 Å². The zero-order chi connectivity index (χ0) is 19.2. The topological polar surface area (TPSA) is 75.6 Å². The maximum atomic E-state index is 13.1. The van der Waals surface area contributed by atoms with Crippen LogP contribution in [0.15, 0.2) is 42.5 Å². The first kappa shape index (κ1) is 18.0. The summed E-state index contributed by atoms with van der Waals surface area (Å²) in [4.78, 5) is 17.0. The third kappa shape index (κ3) is 3.33. The molecule has 2 aromatic rings. The lowest BCUT2D eigenvalue weighted by Gasteiger charge is -2.26. The summed E-state index contributed by atoms with van der Waals surface area (Å²) in [5.74, 6) is 0.0642. The summed E-state index contributed by atoms with van der Waals surface area (Å²) in [6, 6.07) is 14.5. The third-order valence-corrected chi connectivity index (χ3v) is 5.94. The normalized spacial score (nSPS) is 24.1. The molecule has 4 N–H and O–H groups in total. The summed E-state index contributed by atoms with van der Waals surface area (Å²) in [6.45, 7) is 1.22. The van der Waals surface area contributed by atoms with Crippen LogP contribution >= 0.6 is 0 Å². The monoisotopic (exact) mass is 364 g/mol. The maximum absolute atomic E-state index is 13.1. The van der Waals surface area contributed by atoms with Crippen molar-refractivity contribution in [3.63, 3.8) is 0 Å². The molecule has 27 heavy (non-hydrogen) atoms. The highest BCUT2D eigenvalue weighted by atomic mass is 16.2. The molecule has 1 amide bonds. The van der Waals surface area contributed by atoms with Gasteiger partial charge in [-0.2, -0.15) is 0 Å². The van der Waals surface area contributed by atoms with Gasteiger partial charge in [0.05, 0.1) is 5.54 Å². The first-order valence-corrected chi connectivity index (χ1v) is 9.59. The molecule has 1 heterocycles. The quantitative estimate of drug-likeness (QED) is 0.872. The van der Waals surface area contributed by atoms with Gasteiger partial charge in [0, 0.05) is 44.5 Å². The molecule has 4 rings (SSSR count). The van der Waals surface area contributed by atoms with Gasteiger partial charge in [0.25, 0.3) is 5.91 Å². The van der Waals surface area contributed by atoms with Gasteiger partial charge in [-0.1, -0.05) is 18.2 Å². The van der Waals surface area contributed by atoms with Crippen LogP contribution in [-0.2, 0) is 18.4 Å². The predicted molar refractivity (Wildman–Crippen MR) is 109 cm³/mol. The standard InChI is InChI=1S/C22H28N4O/c1-25(2)20-5-3-4-18(13-20)22(24)8-9-26(14-22)21(27)16-7-6-15-11-19(23)12-17(15)10-16/h3-7,10,13,19H,8-9,11-12,14,23-24H2,1-2H3. The number of carbonyl (C=O) groups is 1. The largest absolute Gasteiger partial charge is 0.378 e. The van der Waals surface area contributed by atoms with E-state index in [-0.39, 0.29) is 11.9 Å². The van der Waals surface area contributed by atoms with Crippen molar-refractivity contribution in [2.45, 2.75) is 30.8 Å². The van der Waals surface area contributed by atoms with Crippen LogP contribution in [0.1, 0.15) is 33.5 Å². The van der Waals surface area contributed by atoms with Gasteiger partial charge in [0.15, 0.2) is 0 Å². The Labute approximate surface area is 160 Å². The zero-order valence-electron chi connectivity index (χ0n) is 16.1. The van der Waals surface area contributed by atoms with Gasteiger partial charge < -0.3 is 21.3 Å². The Morgan fingerprint density at radius 3 is 2.70 bits per heavy atom. The molecule has 142 valence electrons. The fraction of sp³-hybridized carbons (Fsp3) is 0.409. The molecule has 0 spiro atoms. The highest BCUT2D eigenvalue weighted by molar-refractivity contribution is 5.95. The summed E-state index contributed by atoms with van der Waals surface area (Å²) in [5, 5.41) is 0. The Morgan fingerprint density at radius 2 is 1.93 bits per heavy atom. The van der Waals surface area contributed by atoms with Crippen molar-refractivity contribution in [3.05, 3.63) is 64.7 Å². The first-order chi connectivity index (χ1) is 12.9. The smallest absolute Gasteiger partial charge is 0.253 e. The second-order valence-corrected chi connectivity index (χ2v) is 8.23. The summed E-state index contributed by atoms with van der Waals surface area (Å²) >= 11 is 0. The Kier molecular flexibility index (Phi) is 4.44. The molecule has 2 atom stereocenters. The van der Waals surface area contributed by atoms with Gasteiger partial charge in [0.2, 0.25) is 0 Å². The van der Waals surface area contributed by atoms with Crippen LogP contribution in [0.25, 0.3) is 0 Å². The number of nitrogens with zero attached hydrogens (tertiary/aromatic N) is 2. The van der Waals surface area contributed by atoms with E-state index in [1.54, 1.807) is 0 Å². The second-order valence-electron chi connectivity index (χ2n) is 8.23. The number of hydrogen-bond donors (Lipinski definition) is 2. The number of benzene rings is 2. The summed E-state index contributed by atoms with van der Waals surface area (Å²) in [5.41, 5.74) is 17.7. The van der Waals surface area contributed by atoms with E-state index < -0.39 is 5.54 Å². The Balaban J connectivity index is 1.53. The third-order valence-electron chi connectivity index (χ3n) is 5.94. The van der Waals surface area contributed by atoms with Crippen molar-refractivity contribution >= 4 is 11.6 Å². The molecule has 1 saturated heterocycles. The highest BCUT2D eigenvalue weighted by Gasteiger charge is 2.38. The lowest BCUT2D eigenvalue weighted by molar-refractivity contribution is 0.0783. The van der Waals surface area contributed by atoms with Crippen LogP contribution < -0.4 is 16.4 Å². The zero-order valence-corrected chi connectivity index (χ0v) is 16.1. The van der Waals surface area contributed by atoms with Crippen LogP contribution in [0.2, 0.25) is 0 Å². The van der Waals surface area contributed by atoms with Crippen molar-refractivity contribution in [2.75, 3.05) is 32.1 Å². The Hall–Kier alpha value is -2.37. The Morgan fingerprint density at radius 1 is 1.15 bits per heavy atom. The van der Waals surface area contributed by atoms with Crippen LogP contribution in [0.4, 0.5) is 5.69 Å². The average Bonchev–Trinajstić information content (AvgIpc) is 3.23. The van der Waals surface area contributed by atoms with Crippen molar-refractivity contribution in [1.82, 2.24) is 4.90 Å². The molecule has 0 aromatic heterocycles. The molecule has 5 nitrogen and oxygen atoms in total. The van der Waals surface area contributed by atoms with E-state index in [9.17, 15) is 4.79 Å². The van der Waals surface area contributed by atoms with Crippen LogP contribution in [0, 0.1) is 0 Å². The minimum atomic E-state index is -0.499. The number of anilines is 1. The molecule has 1 aliphatic heterocycles. The lowest BCUT2D eigenvalue weighted by Crippen LogP contribution is -2.41. The van der Waals surface area contributed by atoms with E-state index in [4.69, 9.17) is 11.5 Å². The fourth-order valence-corrected chi connectivity index (χ4v) is 4.30. The molecule has 0 radical (unpaired) electrons. The van der Waals surface area contributed by atoms with E-state index >= 15 is 0 Å².